The van der Waals surface area contributed by atoms with Gasteiger partial charge in [0.1, 0.15) is 11.9 Å². The van der Waals surface area contributed by atoms with Gasteiger partial charge in [0.2, 0.25) is 0 Å². The summed E-state index contributed by atoms with van der Waals surface area (Å²) in [4.78, 5) is 4.11. The van der Waals surface area contributed by atoms with E-state index in [0.717, 1.165) is 5.56 Å². The van der Waals surface area contributed by atoms with E-state index in [1.807, 2.05) is 48.1 Å². The van der Waals surface area contributed by atoms with Crippen LogP contribution >= 0.6 is 0 Å². The number of nitrogens with zero attached hydrogens (tertiary/aromatic N) is 2. The zero-order chi connectivity index (χ0) is 9.97. The van der Waals surface area contributed by atoms with Gasteiger partial charge in [-0.3, -0.25) is 0 Å². The van der Waals surface area contributed by atoms with Gasteiger partial charge < -0.3 is 9.67 Å². The van der Waals surface area contributed by atoms with Crippen LogP contribution in [0.2, 0.25) is 0 Å². The maximum Gasteiger partial charge on any atom is 0.142 e. The smallest absolute Gasteiger partial charge is 0.142 e. The fourth-order valence-corrected chi connectivity index (χ4v) is 1.43. The van der Waals surface area contributed by atoms with Crippen molar-refractivity contribution < 1.29 is 5.11 Å². The summed E-state index contributed by atoms with van der Waals surface area (Å²) in [7, 11) is 1.87. The normalized spacial score (nSPS) is 12.7. The zero-order valence-electron chi connectivity index (χ0n) is 7.96. The lowest BCUT2D eigenvalue weighted by molar-refractivity contribution is 0.206. The molecule has 3 nitrogen and oxygen atoms in total. The Morgan fingerprint density at radius 1 is 1.29 bits per heavy atom. The van der Waals surface area contributed by atoms with Crippen molar-refractivity contribution in [3.05, 3.63) is 54.1 Å². The summed E-state index contributed by atoms with van der Waals surface area (Å²) in [6.45, 7) is 0. The molecule has 0 amide bonds. The number of rotatable bonds is 2. The van der Waals surface area contributed by atoms with Crippen molar-refractivity contribution in [2.45, 2.75) is 6.10 Å². The van der Waals surface area contributed by atoms with Crippen LogP contribution in [0.25, 0.3) is 0 Å². The fraction of sp³-hybridized carbons (Fsp3) is 0.182. The fourth-order valence-electron chi connectivity index (χ4n) is 1.43. The number of aromatic nitrogens is 2. The van der Waals surface area contributed by atoms with E-state index in [2.05, 4.69) is 4.98 Å². The van der Waals surface area contributed by atoms with Gasteiger partial charge in [0.15, 0.2) is 0 Å². The van der Waals surface area contributed by atoms with E-state index in [1.54, 1.807) is 6.20 Å². The highest BCUT2D eigenvalue weighted by Crippen LogP contribution is 2.18. The first-order valence-corrected chi connectivity index (χ1v) is 4.49. The zero-order valence-corrected chi connectivity index (χ0v) is 7.96. The molecule has 0 bridgehead atoms. The van der Waals surface area contributed by atoms with Crippen LogP contribution in [0.3, 0.4) is 0 Å². The van der Waals surface area contributed by atoms with Gasteiger partial charge in [0, 0.05) is 19.4 Å². The number of benzene rings is 1. The van der Waals surface area contributed by atoms with E-state index in [1.165, 1.54) is 0 Å². The van der Waals surface area contributed by atoms with Gasteiger partial charge in [0.25, 0.3) is 0 Å². The van der Waals surface area contributed by atoms with Crippen LogP contribution in [0.15, 0.2) is 42.7 Å². The van der Waals surface area contributed by atoms with Crippen molar-refractivity contribution in [2.24, 2.45) is 7.05 Å². The van der Waals surface area contributed by atoms with Crippen LogP contribution in [-0.4, -0.2) is 14.7 Å². The molecule has 0 aliphatic rings. The van der Waals surface area contributed by atoms with Crippen LogP contribution in [0, 0.1) is 0 Å². The van der Waals surface area contributed by atoms with Crippen molar-refractivity contribution in [1.82, 2.24) is 9.55 Å². The van der Waals surface area contributed by atoms with Crippen LogP contribution in [0.1, 0.15) is 17.5 Å². The summed E-state index contributed by atoms with van der Waals surface area (Å²) >= 11 is 0. The first-order chi connectivity index (χ1) is 6.79. The highest BCUT2D eigenvalue weighted by molar-refractivity contribution is 5.22. The van der Waals surface area contributed by atoms with Gasteiger partial charge in [-0.1, -0.05) is 30.3 Å². The highest BCUT2D eigenvalue weighted by atomic mass is 16.3. The molecule has 1 atom stereocenters. The Morgan fingerprint density at radius 3 is 2.57 bits per heavy atom. The molecule has 0 saturated heterocycles. The molecule has 0 unspecified atom stereocenters. The third-order valence-electron chi connectivity index (χ3n) is 2.22. The maximum atomic E-state index is 9.98. The van der Waals surface area contributed by atoms with E-state index in [0.29, 0.717) is 5.82 Å². The summed E-state index contributed by atoms with van der Waals surface area (Å²) in [5.74, 6) is 0.663. The molecule has 0 saturated carbocycles. The second-order valence-corrected chi connectivity index (χ2v) is 3.21. The van der Waals surface area contributed by atoms with Gasteiger partial charge in [-0.05, 0) is 5.56 Å². The predicted octanol–water partition coefficient (Wildman–Crippen LogP) is 1.50. The molecule has 1 heterocycles. The minimum atomic E-state index is -0.642. The molecular formula is C11H12N2O. The Bertz CT molecular complexity index is 408. The number of aliphatic hydroxyl groups excluding tert-OH is 1. The molecular weight excluding hydrogens is 176 g/mol. The van der Waals surface area contributed by atoms with Crippen molar-refractivity contribution >= 4 is 0 Å². The predicted molar refractivity (Wildman–Crippen MR) is 53.7 cm³/mol. The number of hydrogen-bond acceptors (Lipinski definition) is 2. The van der Waals surface area contributed by atoms with Gasteiger partial charge in [0.05, 0.1) is 0 Å². The van der Waals surface area contributed by atoms with Gasteiger partial charge >= 0.3 is 0 Å². The molecule has 14 heavy (non-hydrogen) atoms. The van der Waals surface area contributed by atoms with Gasteiger partial charge in [-0.25, -0.2) is 4.98 Å². The first-order valence-electron chi connectivity index (χ1n) is 4.49. The quantitative estimate of drug-likeness (QED) is 0.775. The minimum Gasteiger partial charge on any atom is -0.380 e. The Balaban J connectivity index is 2.34. The Morgan fingerprint density at radius 2 is 2.00 bits per heavy atom. The largest absolute Gasteiger partial charge is 0.380 e. The van der Waals surface area contributed by atoms with Crippen molar-refractivity contribution in [1.29, 1.82) is 0 Å². The van der Waals surface area contributed by atoms with E-state index >= 15 is 0 Å². The van der Waals surface area contributed by atoms with Crippen LogP contribution in [0.4, 0.5) is 0 Å². The topological polar surface area (TPSA) is 38.0 Å². The van der Waals surface area contributed by atoms with Crippen LogP contribution in [0.5, 0.6) is 0 Å². The molecule has 1 N–H and O–H groups in total. The SMILES string of the molecule is Cn1ccnc1[C@H](O)c1ccccc1. The third-order valence-corrected chi connectivity index (χ3v) is 2.22. The molecule has 2 rings (SSSR count). The lowest BCUT2D eigenvalue weighted by atomic mass is 10.1. The minimum absolute atomic E-state index is 0.642. The summed E-state index contributed by atoms with van der Waals surface area (Å²) in [5.41, 5.74) is 0.863. The average molecular weight is 188 g/mol. The molecule has 3 heteroatoms. The van der Waals surface area contributed by atoms with E-state index < -0.39 is 6.10 Å². The van der Waals surface area contributed by atoms with E-state index in [-0.39, 0.29) is 0 Å². The molecule has 0 aliphatic carbocycles. The summed E-state index contributed by atoms with van der Waals surface area (Å²) < 4.78 is 1.82. The summed E-state index contributed by atoms with van der Waals surface area (Å²) in [6.07, 6.45) is 2.86. The second-order valence-electron chi connectivity index (χ2n) is 3.21. The van der Waals surface area contributed by atoms with E-state index in [4.69, 9.17) is 0 Å². The lowest BCUT2D eigenvalue weighted by Gasteiger charge is -2.10. The highest BCUT2D eigenvalue weighted by Gasteiger charge is 2.13. The molecule has 1 aromatic heterocycles. The van der Waals surface area contributed by atoms with Gasteiger partial charge in [-0.2, -0.15) is 0 Å². The Kier molecular flexibility index (Phi) is 2.33. The summed E-state index contributed by atoms with van der Waals surface area (Å²) in [5, 5.41) is 9.98. The number of imidazole rings is 1. The molecule has 1 aromatic carbocycles. The molecule has 0 fully saturated rings. The Hall–Kier alpha value is -1.61. The monoisotopic (exact) mass is 188 g/mol. The second kappa shape index (κ2) is 3.64. The number of aryl methyl sites for hydroxylation is 1. The Labute approximate surface area is 82.7 Å². The molecule has 0 radical (unpaired) electrons. The lowest BCUT2D eigenvalue weighted by Crippen LogP contribution is -2.06. The molecule has 72 valence electrons. The molecule has 2 aromatic rings. The standard InChI is InChI=1S/C11H12N2O/c1-13-8-7-12-11(13)10(14)9-5-3-2-4-6-9/h2-8,10,14H,1H3/t10-/m1/s1. The number of aliphatic hydroxyl groups is 1. The number of hydrogen-bond donors (Lipinski definition) is 1. The third kappa shape index (κ3) is 1.54. The first kappa shape index (κ1) is 8.97. The molecule has 0 aliphatic heterocycles. The van der Waals surface area contributed by atoms with Gasteiger partial charge in [-0.15, -0.1) is 0 Å². The van der Waals surface area contributed by atoms with Crippen molar-refractivity contribution in [3.8, 4) is 0 Å². The van der Waals surface area contributed by atoms with Crippen molar-refractivity contribution in [3.63, 3.8) is 0 Å². The van der Waals surface area contributed by atoms with Crippen molar-refractivity contribution in [2.75, 3.05) is 0 Å². The average Bonchev–Trinajstić information content (AvgIpc) is 2.65. The van der Waals surface area contributed by atoms with Crippen LogP contribution < -0.4 is 0 Å². The van der Waals surface area contributed by atoms with Crippen LogP contribution in [-0.2, 0) is 7.05 Å². The van der Waals surface area contributed by atoms with E-state index in [9.17, 15) is 5.11 Å². The molecule has 0 spiro atoms. The summed E-state index contributed by atoms with van der Waals surface area (Å²) in [6, 6.07) is 9.51. The maximum absolute atomic E-state index is 9.98.